The fourth-order valence-corrected chi connectivity index (χ4v) is 2.92. The van der Waals surface area contributed by atoms with E-state index in [2.05, 4.69) is 10.3 Å². The maximum Gasteiger partial charge on any atom is 0.264 e. The maximum atomic E-state index is 13.2. The quantitative estimate of drug-likeness (QED) is 0.830. The number of thioether (sulfide) groups is 1. The summed E-state index contributed by atoms with van der Waals surface area (Å²) in [6, 6.07) is 13.1. The lowest BCUT2D eigenvalue weighted by Crippen LogP contribution is -2.19. The van der Waals surface area contributed by atoms with Gasteiger partial charge in [-0.1, -0.05) is 29.8 Å². The molecule has 3 rings (SSSR count). The molecule has 1 aliphatic heterocycles. The molecule has 2 aromatic rings. The van der Waals surface area contributed by atoms with Gasteiger partial charge in [0.25, 0.3) is 5.91 Å². The first-order valence-corrected chi connectivity index (χ1v) is 7.60. The first-order chi connectivity index (χ1) is 10.6. The molecule has 0 unspecified atom stereocenters. The molecule has 1 aliphatic rings. The molecule has 1 saturated heterocycles. The van der Waals surface area contributed by atoms with Crippen LogP contribution in [0.5, 0.6) is 0 Å². The van der Waals surface area contributed by atoms with Crippen LogP contribution in [0.4, 0.5) is 10.1 Å². The summed E-state index contributed by atoms with van der Waals surface area (Å²) < 4.78 is 13.2. The van der Waals surface area contributed by atoms with Crippen LogP contribution >= 0.6 is 23.4 Å². The second-order valence-corrected chi connectivity index (χ2v) is 5.98. The third-order valence-electron chi connectivity index (χ3n) is 2.84. The molecule has 0 aromatic heterocycles. The van der Waals surface area contributed by atoms with Crippen LogP contribution in [0.2, 0.25) is 5.02 Å². The number of rotatable bonds is 2. The number of nitrogens with one attached hydrogen (secondary N) is 1. The summed E-state index contributed by atoms with van der Waals surface area (Å²) in [5.41, 5.74) is 1.28. The predicted octanol–water partition coefficient (Wildman–Crippen LogP) is 4.37. The number of hydrogen-bond donors (Lipinski definition) is 1. The first kappa shape index (κ1) is 14.8. The predicted molar refractivity (Wildman–Crippen MR) is 88.7 cm³/mol. The molecule has 1 N–H and O–H groups in total. The van der Waals surface area contributed by atoms with Crippen LogP contribution in [0.3, 0.4) is 0 Å². The highest BCUT2D eigenvalue weighted by Crippen LogP contribution is 2.28. The number of hydrogen-bond acceptors (Lipinski definition) is 3. The Balaban J connectivity index is 1.84. The second kappa shape index (κ2) is 6.34. The second-order valence-electron chi connectivity index (χ2n) is 4.52. The Morgan fingerprint density at radius 2 is 2.00 bits per heavy atom. The lowest BCUT2D eigenvalue weighted by atomic mass is 10.2. The van der Waals surface area contributed by atoms with Gasteiger partial charge in [-0.2, -0.15) is 0 Å². The van der Waals surface area contributed by atoms with Crippen LogP contribution in [0.1, 0.15) is 5.56 Å². The van der Waals surface area contributed by atoms with E-state index in [1.54, 1.807) is 42.5 Å². The zero-order valence-electron chi connectivity index (χ0n) is 11.2. The van der Waals surface area contributed by atoms with Crippen molar-refractivity contribution in [1.29, 1.82) is 0 Å². The van der Waals surface area contributed by atoms with Crippen molar-refractivity contribution in [1.82, 2.24) is 5.32 Å². The van der Waals surface area contributed by atoms with Gasteiger partial charge in [0, 0.05) is 5.02 Å². The van der Waals surface area contributed by atoms with Crippen molar-refractivity contribution < 1.29 is 9.18 Å². The molecule has 1 fully saturated rings. The van der Waals surface area contributed by atoms with Gasteiger partial charge in [-0.3, -0.25) is 4.79 Å². The van der Waals surface area contributed by atoms with E-state index in [0.717, 1.165) is 0 Å². The van der Waals surface area contributed by atoms with E-state index >= 15 is 0 Å². The fourth-order valence-electron chi connectivity index (χ4n) is 1.89. The van der Waals surface area contributed by atoms with Crippen LogP contribution in [-0.4, -0.2) is 11.1 Å². The van der Waals surface area contributed by atoms with E-state index in [1.807, 2.05) is 0 Å². The van der Waals surface area contributed by atoms with Gasteiger partial charge < -0.3 is 5.32 Å². The first-order valence-electron chi connectivity index (χ1n) is 6.41. The summed E-state index contributed by atoms with van der Waals surface area (Å²) in [7, 11) is 0. The molecule has 1 heterocycles. The zero-order valence-corrected chi connectivity index (χ0v) is 12.8. The minimum Gasteiger partial charge on any atom is -0.300 e. The van der Waals surface area contributed by atoms with Crippen molar-refractivity contribution in [2.75, 3.05) is 0 Å². The zero-order chi connectivity index (χ0) is 15.5. The maximum absolute atomic E-state index is 13.2. The highest BCUT2D eigenvalue weighted by Gasteiger charge is 2.23. The van der Waals surface area contributed by atoms with Crippen molar-refractivity contribution in [2.24, 2.45) is 4.99 Å². The number of amidine groups is 1. The number of halogens is 2. The van der Waals surface area contributed by atoms with Crippen molar-refractivity contribution in [3.05, 3.63) is 69.8 Å². The number of nitrogens with zero attached hydrogens (tertiary/aromatic N) is 1. The summed E-state index contributed by atoms with van der Waals surface area (Å²) in [5.74, 6) is -0.597. The monoisotopic (exact) mass is 332 g/mol. The van der Waals surface area contributed by atoms with Gasteiger partial charge in [-0.05, 0) is 53.7 Å². The molecule has 1 amide bonds. The Bertz CT molecular complexity index is 804. The number of aliphatic imine (C=N–C) groups is 1. The minimum atomic E-state index is -0.342. The van der Waals surface area contributed by atoms with E-state index in [4.69, 9.17) is 11.6 Å². The molecule has 0 atom stereocenters. The van der Waals surface area contributed by atoms with Crippen LogP contribution in [-0.2, 0) is 4.79 Å². The molecule has 0 bridgehead atoms. The van der Waals surface area contributed by atoms with Crippen LogP contribution < -0.4 is 5.32 Å². The molecule has 0 saturated carbocycles. The minimum absolute atomic E-state index is 0.255. The summed E-state index contributed by atoms with van der Waals surface area (Å²) in [4.78, 5) is 16.7. The van der Waals surface area contributed by atoms with E-state index in [-0.39, 0.29) is 11.7 Å². The van der Waals surface area contributed by atoms with Crippen molar-refractivity contribution in [3.63, 3.8) is 0 Å². The number of carbonyl (C=O) groups is 1. The van der Waals surface area contributed by atoms with Crippen molar-refractivity contribution in [3.8, 4) is 0 Å². The van der Waals surface area contributed by atoms with Crippen LogP contribution in [0.25, 0.3) is 6.08 Å². The van der Waals surface area contributed by atoms with Gasteiger partial charge >= 0.3 is 0 Å². The molecular weight excluding hydrogens is 323 g/mol. The van der Waals surface area contributed by atoms with Gasteiger partial charge in [0.2, 0.25) is 0 Å². The Kier molecular flexibility index (Phi) is 4.27. The van der Waals surface area contributed by atoms with Crippen LogP contribution in [0.15, 0.2) is 58.4 Å². The average Bonchev–Trinajstić information content (AvgIpc) is 2.79. The standard InChI is InChI=1S/C16H10ClFN2OS/c17-11-4-2-6-13(9-11)19-16-20-15(21)14(22-16)8-10-3-1-5-12(18)7-10/h1-9H,(H,19,20,21). The summed E-state index contributed by atoms with van der Waals surface area (Å²) in [6.07, 6.45) is 1.63. The average molecular weight is 333 g/mol. The highest BCUT2D eigenvalue weighted by atomic mass is 35.5. The van der Waals surface area contributed by atoms with Gasteiger partial charge in [-0.15, -0.1) is 0 Å². The highest BCUT2D eigenvalue weighted by molar-refractivity contribution is 8.18. The Hall–Kier alpha value is -2.11. The molecule has 6 heteroatoms. The lowest BCUT2D eigenvalue weighted by Gasteiger charge is -1.96. The normalized spacial score (nSPS) is 18.0. The van der Waals surface area contributed by atoms with E-state index in [1.165, 1.54) is 23.9 Å². The molecule has 110 valence electrons. The van der Waals surface area contributed by atoms with Gasteiger partial charge in [0.05, 0.1) is 10.6 Å². The van der Waals surface area contributed by atoms with Gasteiger partial charge in [0.1, 0.15) is 5.82 Å². The summed E-state index contributed by atoms with van der Waals surface area (Å²) in [5, 5.41) is 3.72. The Morgan fingerprint density at radius 3 is 2.77 bits per heavy atom. The molecule has 0 spiro atoms. The molecule has 2 aromatic carbocycles. The molecule has 0 aliphatic carbocycles. The topological polar surface area (TPSA) is 41.5 Å². The van der Waals surface area contributed by atoms with Gasteiger partial charge in [-0.25, -0.2) is 9.38 Å². The van der Waals surface area contributed by atoms with Crippen molar-refractivity contribution in [2.45, 2.75) is 0 Å². The lowest BCUT2D eigenvalue weighted by molar-refractivity contribution is -0.115. The van der Waals surface area contributed by atoms with Gasteiger partial charge in [0.15, 0.2) is 5.17 Å². The number of carbonyl (C=O) groups excluding carboxylic acids is 1. The largest absolute Gasteiger partial charge is 0.300 e. The Morgan fingerprint density at radius 1 is 1.18 bits per heavy atom. The summed E-state index contributed by atoms with van der Waals surface area (Å²) in [6.45, 7) is 0. The van der Waals surface area contributed by atoms with Crippen molar-refractivity contribution >= 4 is 46.2 Å². The van der Waals surface area contributed by atoms with E-state index in [0.29, 0.717) is 26.3 Å². The molecule has 0 radical (unpaired) electrons. The molecule has 22 heavy (non-hydrogen) atoms. The number of benzene rings is 2. The van der Waals surface area contributed by atoms with E-state index < -0.39 is 0 Å². The molecular formula is C16H10ClFN2OS. The summed E-state index contributed by atoms with van der Waals surface area (Å²) >= 11 is 7.10. The molecule has 3 nitrogen and oxygen atoms in total. The fraction of sp³-hybridized carbons (Fsp3) is 0. The SMILES string of the molecule is O=C1NC(=Nc2cccc(Cl)c2)SC1=Cc1cccc(F)c1. The number of amides is 1. The van der Waals surface area contributed by atoms with E-state index in [9.17, 15) is 9.18 Å². The third-order valence-corrected chi connectivity index (χ3v) is 3.98. The van der Waals surface area contributed by atoms with Crippen LogP contribution in [0, 0.1) is 5.82 Å². The third kappa shape index (κ3) is 3.55. The Labute approximate surface area is 135 Å². The smallest absolute Gasteiger partial charge is 0.264 e.